The molecule has 2 aromatic heterocycles. The van der Waals surface area contributed by atoms with Crippen LogP contribution in [0.2, 0.25) is 10.0 Å². The summed E-state index contributed by atoms with van der Waals surface area (Å²) in [5.74, 6) is 1.61. The van der Waals surface area contributed by atoms with Crippen molar-refractivity contribution in [1.82, 2.24) is 20.3 Å². The molecule has 1 aliphatic heterocycles. The standard InChI is InChI=1S/C19H19Cl2N5O4/c1-28-19(11-29-15-8-12(20)2-3-13(15)21)6-7-26(10-19)17-5-4-14(23-24-17)18-22-16(9-27)25-30-18/h2-5,8,27H,6-7,9-11H2,1H3. The summed E-state index contributed by atoms with van der Waals surface area (Å²) in [5, 5.41) is 22.1. The van der Waals surface area contributed by atoms with Crippen LogP contribution in [0.1, 0.15) is 12.2 Å². The molecule has 30 heavy (non-hydrogen) atoms. The lowest BCUT2D eigenvalue weighted by Crippen LogP contribution is -2.41. The summed E-state index contributed by atoms with van der Waals surface area (Å²) in [6.07, 6.45) is 0.745. The molecule has 0 aliphatic carbocycles. The van der Waals surface area contributed by atoms with E-state index in [1.54, 1.807) is 31.4 Å². The van der Waals surface area contributed by atoms with Crippen molar-refractivity contribution in [1.29, 1.82) is 0 Å². The van der Waals surface area contributed by atoms with E-state index < -0.39 is 5.60 Å². The first kappa shape index (κ1) is 20.8. The number of anilines is 1. The Labute approximate surface area is 182 Å². The first-order chi connectivity index (χ1) is 14.5. The molecule has 1 atom stereocenters. The van der Waals surface area contributed by atoms with Crippen LogP contribution in [0.25, 0.3) is 11.6 Å². The van der Waals surface area contributed by atoms with Gasteiger partial charge in [0.2, 0.25) is 0 Å². The van der Waals surface area contributed by atoms with Crippen molar-refractivity contribution < 1.29 is 19.1 Å². The minimum absolute atomic E-state index is 0.195. The lowest BCUT2D eigenvalue weighted by Gasteiger charge is -2.28. The van der Waals surface area contributed by atoms with Crippen LogP contribution in [-0.4, -0.2) is 57.9 Å². The molecule has 0 spiro atoms. The summed E-state index contributed by atoms with van der Waals surface area (Å²) in [7, 11) is 1.66. The van der Waals surface area contributed by atoms with Gasteiger partial charge in [-0.1, -0.05) is 28.4 Å². The molecule has 3 aromatic rings. The van der Waals surface area contributed by atoms with Gasteiger partial charge in [0.1, 0.15) is 24.6 Å². The largest absolute Gasteiger partial charge is 0.489 e. The summed E-state index contributed by atoms with van der Waals surface area (Å²) in [4.78, 5) is 6.09. The number of hydrogen-bond acceptors (Lipinski definition) is 9. The zero-order valence-electron chi connectivity index (χ0n) is 16.1. The Morgan fingerprint density at radius 2 is 2.10 bits per heavy atom. The van der Waals surface area contributed by atoms with Gasteiger partial charge in [0.25, 0.3) is 5.89 Å². The monoisotopic (exact) mass is 451 g/mol. The molecule has 0 amide bonds. The third-order valence-electron chi connectivity index (χ3n) is 4.94. The maximum atomic E-state index is 9.04. The minimum Gasteiger partial charge on any atom is -0.489 e. The van der Waals surface area contributed by atoms with Crippen molar-refractivity contribution >= 4 is 29.0 Å². The number of halogens is 2. The third kappa shape index (κ3) is 4.34. The normalized spacial score (nSPS) is 18.7. The highest BCUT2D eigenvalue weighted by Crippen LogP contribution is 2.32. The van der Waals surface area contributed by atoms with E-state index >= 15 is 0 Å². The number of ether oxygens (including phenoxy) is 2. The molecule has 1 aliphatic rings. The number of benzene rings is 1. The summed E-state index contributed by atoms with van der Waals surface area (Å²) in [6, 6.07) is 8.66. The van der Waals surface area contributed by atoms with Crippen LogP contribution >= 0.6 is 23.2 Å². The van der Waals surface area contributed by atoms with Gasteiger partial charge in [-0.3, -0.25) is 0 Å². The fraction of sp³-hybridized carbons (Fsp3) is 0.368. The number of aliphatic hydroxyl groups is 1. The number of methoxy groups -OCH3 is 1. The van der Waals surface area contributed by atoms with Gasteiger partial charge in [-0.15, -0.1) is 10.2 Å². The summed E-state index contributed by atoms with van der Waals surface area (Å²) in [5.41, 5.74) is -0.0868. The molecule has 1 unspecified atom stereocenters. The van der Waals surface area contributed by atoms with Crippen molar-refractivity contribution in [2.75, 3.05) is 31.7 Å². The van der Waals surface area contributed by atoms with Crippen LogP contribution in [-0.2, 0) is 11.3 Å². The third-order valence-corrected chi connectivity index (χ3v) is 5.48. The minimum atomic E-state index is -0.519. The summed E-state index contributed by atoms with van der Waals surface area (Å²) in [6.45, 7) is 1.32. The number of hydrogen-bond donors (Lipinski definition) is 1. The Morgan fingerprint density at radius 3 is 2.80 bits per heavy atom. The van der Waals surface area contributed by atoms with Crippen LogP contribution in [0.15, 0.2) is 34.9 Å². The Kier molecular flexibility index (Phi) is 6.05. The Bertz CT molecular complexity index is 1020. The van der Waals surface area contributed by atoms with E-state index in [0.29, 0.717) is 40.5 Å². The number of nitrogens with zero attached hydrogens (tertiary/aromatic N) is 5. The molecular weight excluding hydrogens is 433 g/mol. The maximum absolute atomic E-state index is 9.04. The zero-order valence-corrected chi connectivity index (χ0v) is 17.6. The average Bonchev–Trinajstić information content (AvgIpc) is 3.42. The first-order valence-corrected chi connectivity index (χ1v) is 9.93. The fourth-order valence-corrected chi connectivity index (χ4v) is 3.55. The van der Waals surface area contributed by atoms with Gasteiger partial charge in [-0.05, 0) is 30.7 Å². The molecule has 9 nitrogen and oxygen atoms in total. The Balaban J connectivity index is 1.43. The SMILES string of the molecule is COC1(COc2cc(Cl)ccc2Cl)CCN(c2ccc(-c3nc(CO)no3)nn2)C1. The maximum Gasteiger partial charge on any atom is 0.278 e. The molecule has 3 heterocycles. The molecule has 1 N–H and O–H groups in total. The van der Waals surface area contributed by atoms with Crippen molar-refractivity contribution in [3.8, 4) is 17.3 Å². The molecule has 0 radical (unpaired) electrons. The van der Waals surface area contributed by atoms with Gasteiger partial charge in [-0.2, -0.15) is 4.98 Å². The van der Waals surface area contributed by atoms with Crippen molar-refractivity contribution in [3.05, 3.63) is 46.2 Å². The second kappa shape index (κ2) is 8.73. The number of aromatic nitrogens is 4. The van der Waals surface area contributed by atoms with Crippen LogP contribution < -0.4 is 9.64 Å². The molecule has 158 valence electrons. The smallest absolute Gasteiger partial charge is 0.278 e. The van der Waals surface area contributed by atoms with Gasteiger partial charge < -0.3 is 24.0 Å². The highest BCUT2D eigenvalue weighted by molar-refractivity contribution is 6.34. The predicted octanol–water partition coefficient (Wildman–Crippen LogP) is 3.00. The molecule has 1 fully saturated rings. The van der Waals surface area contributed by atoms with Crippen LogP contribution in [0.3, 0.4) is 0 Å². The number of aliphatic hydroxyl groups excluding tert-OH is 1. The Morgan fingerprint density at radius 1 is 1.23 bits per heavy atom. The molecule has 1 saturated heterocycles. The molecular formula is C19H19Cl2N5O4. The number of rotatable bonds is 7. The van der Waals surface area contributed by atoms with Gasteiger partial charge in [0, 0.05) is 24.7 Å². The van der Waals surface area contributed by atoms with E-state index in [2.05, 4.69) is 25.2 Å². The molecule has 4 rings (SSSR count). The van der Waals surface area contributed by atoms with E-state index in [1.807, 2.05) is 6.07 Å². The van der Waals surface area contributed by atoms with E-state index in [4.69, 9.17) is 42.3 Å². The molecule has 1 aromatic carbocycles. The molecule has 0 bridgehead atoms. The van der Waals surface area contributed by atoms with E-state index in [9.17, 15) is 0 Å². The van der Waals surface area contributed by atoms with Crippen LogP contribution in [0.4, 0.5) is 5.82 Å². The van der Waals surface area contributed by atoms with Crippen LogP contribution in [0, 0.1) is 0 Å². The highest BCUT2D eigenvalue weighted by atomic mass is 35.5. The average molecular weight is 452 g/mol. The highest BCUT2D eigenvalue weighted by Gasteiger charge is 2.40. The molecule has 11 heteroatoms. The van der Waals surface area contributed by atoms with Crippen LogP contribution in [0.5, 0.6) is 5.75 Å². The molecule has 0 saturated carbocycles. The van der Waals surface area contributed by atoms with Gasteiger partial charge in [-0.25, -0.2) is 0 Å². The summed E-state index contributed by atoms with van der Waals surface area (Å²) < 4.78 is 16.8. The van der Waals surface area contributed by atoms with Gasteiger partial charge in [0.05, 0.1) is 11.6 Å². The topological polar surface area (TPSA) is 107 Å². The fourth-order valence-electron chi connectivity index (χ4n) is 3.21. The quantitative estimate of drug-likeness (QED) is 0.579. The second-order valence-corrected chi connectivity index (χ2v) is 7.72. The Hall–Kier alpha value is -2.46. The lowest BCUT2D eigenvalue weighted by molar-refractivity contribution is -0.0269. The lowest BCUT2D eigenvalue weighted by atomic mass is 10.0. The predicted molar refractivity (Wildman–Crippen MR) is 110 cm³/mol. The van der Waals surface area contributed by atoms with E-state index in [1.165, 1.54) is 0 Å². The van der Waals surface area contributed by atoms with Gasteiger partial charge >= 0.3 is 0 Å². The van der Waals surface area contributed by atoms with Crippen molar-refractivity contribution in [2.24, 2.45) is 0 Å². The zero-order chi connectivity index (χ0) is 21.1. The van der Waals surface area contributed by atoms with E-state index in [-0.39, 0.29) is 18.3 Å². The van der Waals surface area contributed by atoms with E-state index in [0.717, 1.165) is 13.0 Å². The van der Waals surface area contributed by atoms with Crippen molar-refractivity contribution in [3.63, 3.8) is 0 Å². The van der Waals surface area contributed by atoms with Crippen molar-refractivity contribution in [2.45, 2.75) is 18.6 Å². The first-order valence-electron chi connectivity index (χ1n) is 9.17. The second-order valence-electron chi connectivity index (χ2n) is 6.87. The van der Waals surface area contributed by atoms with Gasteiger partial charge in [0.15, 0.2) is 17.3 Å². The summed E-state index contributed by atoms with van der Waals surface area (Å²) >= 11 is 12.2.